The maximum Gasteiger partial charge on any atom is 0.248 e. The third kappa shape index (κ3) is 5.57. The van der Waals surface area contributed by atoms with Gasteiger partial charge in [0, 0.05) is 32.0 Å². The van der Waals surface area contributed by atoms with Gasteiger partial charge in [0.05, 0.1) is 11.5 Å². The first kappa shape index (κ1) is 23.3. The minimum absolute atomic E-state index is 0.276. The van der Waals surface area contributed by atoms with Crippen LogP contribution in [0.4, 0.5) is 5.82 Å². The molecule has 0 radical (unpaired) electrons. The number of hydrogen-bond donors (Lipinski definition) is 2. The summed E-state index contributed by atoms with van der Waals surface area (Å²) in [6, 6.07) is 8.76. The van der Waals surface area contributed by atoms with Crippen molar-refractivity contribution >= 4 is 22.8 Å². The van der Waals surface area contributed by atoms with Crippen LogP contribution in [-0.2, 0) is 4.74 Å². The number of aromatic amines is 1. The third-order valence-electron chi connectivity index (χ3n) is 5.20. The molecule has 7 nitrogen and oxygen atoms in total. The van der Waals surface area contributed by atoms with Crippen LogP contribution >= 0.6 is 0 Å². The van der Waals surface area contributed by atoms with E-state index in [1.165, 1.54) is 5.56 Å². The Morgan fingerprint density at radius 3 is 2.53 bits per heavy atom. The van der Waals surface area contributed by atoms with E-state index in [-0.39, 0.29) is 12.0 Å². The molecule has 7 heteroatoms. The van der Waals surface area contributed by atoms with Gasteiger partial charge in [-0.2, -0.15) is 0 Å². The van der Waals surface area contributed by atoms with E-state index < -0.39 is 0 Å². The van der Waals surface area contributed by atoms with Crippen molar-refractivity contribution in [2.24, 2.45) is 11.7 Å². The number of aromatic nitrogens is 3. The summed E-state index contributed by atoms with van der Waals surface area (Å²) < 4.78 is 5.59. The van der Waals surface area contributed by atoms with Gasteiger partial charge in [0.25, 0.3) is 0 Å². The second-order valence-corrected chi connectivity index (χ2v) is 7.11. The number of methoxy groups -OCH3 is 1. The molecule has 0 spiro atoms. The van der Waals surface area contributed by atoms with Crippen molar-refractivity contribution in [3.05, 3.63) is 54.0 Å². The molecule has 1 aromatic carbocycles. The zero-order chi connectivity index (χ0) is 22.1. The molecule has 0 saturated carbocycles. The van der Waals surface area contributed by atoms with E-state index in [9.17, 15) is 4.79 Å². The van der Waals surface area contributed by atoms with Crippen LogP contribution in [0.15, 0.2) is 42.9 Å². The average molecular weight is 412 g/mol. The Balaban J connectivity index is 0.000000245. The largest absolute Gasteiger partial charge is 0.379 e. The first-order valence-corrected chi connectivity index (χ1v) is 10.4. The molecule has 1 fully saturated rings. The van der Waals surface area contributed by atoms with Crippen molar-refractivity contribution in [1.82, 2.24) is 15.0 Å². The monoisotopic (exact) mass is 411 g/mol. The number of nitrogens with two attached hydrogens (primary N) is 1. The zero-order valence-electron chi connectivity index (χ0n) is 18.6. The first-order valence-electron chi connectivity index (χ1n) is 10.4. The molecular weight excluding hydrogens is 378 g/mol. The molecule has 4 rings (SSSR count). The fourth-order valence-corrected chi connectivity index (χ4v) is 3.47. The number of benzene rings is 1. The average Bonchev–Trinajstić information content (AvgIpc) is 3.18. The highest BCUT2D eigenvalue weighted by Crippen LogP contribution is 2.29. The van der Waals surface area contributed by atoms with Crippen molar-refractivity contribution < 1.29 is 9.53 Å². The fraction of sp³-hybridized carbons (Fsp3) is 0.435. The standard InChI is InChI=1S/C14H20N4O.C7H7NO.C2H6/c1-9-4-5-18(7-11(9)19-3)14-12-10(2)6-15-13(12)16-8-17-14;8-7(9)6-4-2-1-3-5-6;1-2/h6,8-9,11H,4-5,7H2,1-3H3,(H,15,16,17);1-5H,(H2,8,9);1-2H3. The molecule has 2 aromatic heterocycles. The maximum absolute atomic E-state index is 10.4. The molecule has 2 unspecified atom stereocenters. The van der Waals surface area contributed by atoms with Crippen molar-refractivity contribution in [3.63, 3.8) is 0 Å². The highest BCUT2D eigenvalue weighted by Gasteiger charge is 2.28. The van der Waals surface area contributed by atoms with Crippen molar-refractivity contribution in [2.75, 3.05) is 25.1 Å². The number of anilines is 1. The Labute approximate surface area is 178 Å². The molecule has 1 amide bonds. The van der Waals surface area contributed by atoms with Gasteiger partial charge in [-0.25, -0.2) is 9.97 Å². The fourth-order valence-electron chi connectivity index (χ4n) is 3.47. The van der Waals surface area contributed by atoms with E-state index in [4.69, 9.17) is 10.5 Å². The summed E-state index contributed by atoms with van der Waals surface area (Å²) in [5.74, 6) is 1.25. The predicted octanol–water partition coefficient (Wildman–Crippen LogP) is 3.94. The van der Waals surface area contributed by atoms with Gasteiger partial charge in [-0.15, -0.1) is 0 Å². The second kappa shape index (κ2) is 11.3. The van der Waals surface area contributed by atoms with E-state index in [1.54, 1.807) is 37.7 Å². The lowest BCUT2D eigenvalue weighted by atomic mass is 9.95. The third-order valence-corrected chi connectivity index (χ3v) is 5.20. The van der Waals surface area contributed by atoms with Gasteiger partial charge in [0.2, 0.25) is 5.91 Å². The van der Waals surface area contributed by atoms with Gasteiger partial charge in [-0.05, 0) is 37.0 Å². The Morgan fingerprint density at radius 1 is 1.23 bits per heavy atom. The van der Waals surface area contributed by atoms with Crippen LogP contribution in [0, 0.1) is 12.8 Å². The SMILES string of the molecule is CC.COC1CN(c2ncnc3[nH]cc(C)c23)CCC1C.NC(=O)c1ccccc1. The molecular formula is C23H33N5O2. The molecule has 0 bridgehead atoms. The first-order chi connectivity index (χ1) is 14.5. The Hall–Kier alpha value is -2.93. The van der Waals surface area contributed by atoms with Gasteiger partial charge in [0.15, 0.2) is 0 Å². The summed E-state index contributed by atoms with van der Waals surface area (Å²) in [7, 11) is 1.79. The van der Waals surface area contributed by atoms with Crippen molar-refractivity contribution in [2.45, 2.75) is 40.2 Å². The lowest BCUT2D eigenvalue weighted by molar-refractivity contribution is 0.0497. The van der Waals surface area contributed by atoms with Gasteiger partial charge in [-0.1, -0.05) is 39.0 Å². The molecule has 2 atom stereocenters. The maximum atomic E-state index is 10.4. The molecule has 1 aliphatic heterocycles. The minimum atomic E-state index is -0.379. The minimum Gasteiger partial charge on any atom is -0.379 e. The van der Waals surface area contributed by atoms with Crippen LogP contribution in [0.5, 0.6) is 0 Å². The Morgan fingerprint density at radius 2 is 1.93 bits per heavy atom. The van der Waals surface area contributed by atoms with Gasteiger partial charge >= 0.3 is 0 Å². The summed E-state index contributed by atoms with van der Waals surface area (Å²) >= 11 is 0. The van der Waals surface area contributed by atoms with Crippen molar-refractivity contribution in [3.8, 4) is 0 Å². The van der Waals surface area contributed by atoms with Crippen molar-refractivity contribution in [1.29, 1.82) is 0 Å². The quantitative estimate of drug-likeness (QED) is 0.680. The van der Waals surface area contributed by atoms with Crippen LogP contribution in [-0.4, -0.2) is 47.2 Å². The number of hydrogen-bond acceptors (Lipinski definition) is 5. The Bertz CT molecular complexity index is 926. The number of ether oxygens (including phenoxy) is 1. The molecule has 3 aromatic rings. The van der Waals surface area contributed by atoms with Crippen LogP contribution in [0.1, 0.15) is 43.1 Å². The number of rotatable bonds is 3. The number of fused-ring (bicyclic) bond motifs is 1. The normalized spacial score (nSPS) is 18.1. The number of carbonyl (C=O) groups is 1. The molecule has 30 heavy (non-hydrogen) atoms. The van der Waals surface area contributed by atoms with Crippen LogP contribution < -0.4 is 10.6 Å². The molecule has 3 heterocycles. The van der Waals surface area contributed by atoms with E-state index >= 15 is 0 Å². The number of H-pyrrole nitrogens is 1. The van der Waals surface area contributed by atoms with E-state index in [0.717, 1.165) is 36.4 Å². The highest BCUT2D eigenvalue weighted by atomic mass is 16.5. The molecule has 0 aliphatic carbocycles. The lowest BCUT2D eigenvalue weighted by Gasteiger charge is -2.37. The zero-order valence-corrected chi connectivity index (χ0v) is 18.6. The van der Waals surface area contributed by atoms with Gasteiger partial charge < -0.3 is 20.4 Å². The molecule has 1 aliphatic rings. The summed E-state index contributed by atoms with van der Waals surface area (Å²) in [5.41, 5.74) is 7.63. The topological polar surface area (TPSA) is 97.1 Å². The number of aryl methyl sites for hydroxylation is 1. The number of carbonyl (C=O) groups excluding carboxylic acids is 1. The Kier molecular flexibility index (Phi) is 8.80. The van der Waals surface area contributed by atoms with Crippen LogP contribution in [0.2, 0.25) is 0 Å². The molecule has 1 saturated heterocycles. The number of nitrogens with one attached hydrogen (secondary N) is 1. The second-order valence-electron chi connectivity index (χ2n) is 7.11. The summed E-state index contributed by atoms with van der Waals surface area (Å²) in [6.45, 7) is 10.3. The van der Waals surface area contributed by atoms with E-state index in [2.05, 4.69) is 33.7 Å². The summed E-state index contributed by atoms with van der Waals surface area (Å²) in [4.78, 5) is 24.7. The van der Waals surface area contributed by atoms with E-state index in [0.29, 0.717) is 11.5 Å². The number of nitrogens with zero attached hydrogens (tertiary/aromatic N) is 3. The van der Waals surface area contributed by atoms with Crippen LogP contribution in [0.3, 0.4) is 0 Å². The van der Waals surface area contributed by atoms with Crippen LogP contribution in [0.25, 0.3) is 11.0 Å². The summed E-state index contributed by atoms with van der Waals surface area (Å²) in [5, 5.41) is 1.13. The lowest BCUT2D eigenvalue weighted by Crippen LogP contribution is -2.44. The predicted molar refractivity (Wildman–Crippen MR) is 122 cm³/mol. The highest BCUT2D eigenvalue weighted by molar-refractivity contribution is 5.92. The summed E-state index contributed by atoms with van der Waals surface area (Å²) in [6.07, 6.45) is 5.03. The smallest absolute Gasteiger partial charge is 0.248 e. The number of primary amides is 1. The van der Waals surface area contributed by atoms with Gasteiger partial charge in [-0.3, -0.25) is 4.79 Å². The van der Waals surface area contributed by atoms with E-state index in [1.807, 2.05) is 26.1 Å². The molecule has 162 valence electrons. The molecule has 3 N–H and O–H groups in total. The number of amides is 1. The van der Waals surface area contributed by atoms with Gasteiger partial charge in [0.1, 0.15) is 17.8 Å². The number of piperidine rings is 1.